The second-order valence-corrected chi connectivity index (χ2v) is 11.4. The molecule has 0 atom stereocenters. The lowest BCUT2D eigenvalue weighted by Crippen LogP contribution is -2.16. The molecule has 40 heavy (non-hydrogen) atoms. The molecule has 5 aromatic carbocycles. The summed E-state index contributed by atoms with van der Waals surface area (Å²) in [5.74, 6) is 0.504. The molecule has 0 heterocycles. The van der Waals surface area contributed by atoms with Gasteiger partial charge in [-0.1, -0.05) is 95.3 Å². The molecule has 0 aromatic heterocycles. The van der Waals surface area contributed by atoms with E-state index < -0.39 is 0 Å². The van der Waals surface area contributed by atoms with E-state index in [9.17, 15) is 0 Å². The van der Waals surface area contributed by atoms with Crippen molar-refractivity contribution in [3.63, 3.8) is 0 Å². The number of rotatable bonds is 9. The molecule has 0 spiro atoms. The van der Waals surface area contributed by atoms with Crippen molar-refractivity contribution in [3.05, 3.63) is 145 Å². The third kappa shape index (κ3) is 5.82. The number of nitrogens with zero attached hydrogens (tertiary/aromatic N) is 2. The van der Waals surface area contributed by atoms with Gasteiger partial charge in [0, 0.05) is 34.1 Å². The predicted molar refractivity (Wildman–Crippen MR) is 173 cm³/mol. The molecule has 0 saturated heterocycles. The second-order valence-electron chi connectivity index (χ2n) is 11.4. The fourth-order valence-electron chi connectivity index (χ4n) is 5.07. The average Bonchev–Trinajstić information content (AvgIpc) is 3.00. The van der Waals surface area contributed by atoms with Gasteiger partial charge in [-0.2, -0.15) is 0 Å². The maximum Gasteiger partial charge on any atom is 0.0463 e. The molecule has 0 radical (unpaired) electrons. The molecule has 202 valence electrons. The van der Waals surface area contributed by atoms with Crippen LogP contribution in [0.15, 0.2) is 133 Å². The topological polar surface area (TPSA) is 6.48 Å². The van der Waals surface area contributed by atoms with Crippen LogP contribution in [0.5, 0.6) is 0 Å². The molecule has 0 N–H and O–H groups in total. The van der Waals surface area contributed by atoms with Gasteiger partial charge in [-0.25, -0.2) is 0 Å². The minimum atomic E-state index is 0.159. The Labute approximate surface area is 240 Å². The first kappa shape index (κ1) is 27.3. The number of hydrogen-bond acceptors (Lipinski definition) is 2. The third-order valence-corrected chi connectivity index (χ3v) is 8.00. The van der Waals surface area contributed by atoms with Crippen LogP contribution >= 0.6 is 0 Å². The van der Waals surface area contributed by atoms with E-state index in [1.54, 1.807) is 0 Å². The average molecular weight is 525 g/mol. The fourth-order valence-corrected chi connectivity index (χ4v) is 5.07. The van der Waals surface area contributed by atoms with Gasteiger partial charge in [0.25, 0.3) is 0 Å². The zero-order valence-corrected chi connectivity index (χ0v) is 24.4. The monoisotopic (exact) mass is 524 g/mol. The van der Waals surface area contributed by atoms with Crippen LogP contribution < -0.4 is 9.80 Å². The number of hydrogen-bond donors (Lipinski definition) is 0. The number of para-hydroxylation sites is 2. The molecular formula is C38H40N2. The van der Waals surface area contributed by atoms with Crippen LogP contribution in [0.3, 0.4) is 0 Å². The molecule has 0 saturated carbocycles. The Kier molecular flexibility index (Phi) is 8.07. The highest BCUT2D eigenvalue weighted by Gasteiger charge is 2.20. The van der Waals surface area contributed by atoms with Crippen molar-refractivity contribution in [3.8, 4) is 0 Å². The Balaban J connectivity index is 1.54. The lowest BCUT2D eigenvalue weighted by molar-refractivity contribution is 0.506. The number of anilines is 6. The Morgan fingerprint density at radius 3 is 1.15 bits per heavy atom. The van der Waals surface area contributed by atoms with Crippen LogP contribution in [-0.2, 0) is 5.41 Å². The summed E-state index contributed by atoms with van der Waals surface area (Å²) < 4.78 is 0. The smallest absolute Gasteiger partial charge is 0.0463 e. The molecule has 0 unspecified atom stereocenters. The third-order valence-electron chi connectivity index (χ3n) is 8.00. The standard InChI is InChI=1S/C38H40N2/c1-6-38(4,5)31-19-23-35(24-20-31)40(33-15-11-8-12-16-33)37-27-25-36(26-28-37)39(32-13-9-7-10-14-32)34-21-17-30(18-22-34)29(2)3/h7-29H,6H2,1-5H3. The predicted octanol–water partition coefficient (Wildman–Crippen LogP) is 11.4. The summed E-state index contributed by atoms with van der Waals surface area (Å²) in [4.78, 5) is 4.65. The van der Waals surface area contributed by atoms with E-state index in [4.69, 9.17) is 0 Å². The van der Waals surface area contributed by atoms with Crippen molar-refractivity contribution in [2.75, 3.05) is 9.80 Å². The molecule has 5 rings (SSSR count). The summed E-state index contributed by atoms with van der Waals surface area (Å²) in [5, 5.41) is 0. The molecule has 2 nitrogen and oxygen atoms in total. The summed E-state index contributed by atoms with van der Waals surface area (Å²) in [6.07, 6.45) is 1.11. The first-order valence-electron chi connectivity index (χ1n) is 14.4. The maximum atomic E-state index is 2.33. The first-order chi connectivity index (χ1) is 19.4. The van der Waals surface area contributed by atoms with Crippen molar-refractivity contribution >= 4 is 34.1 Å². The maximum absolute atomic E-state index is 2.33. The van der Waals surface area contributed by atoms with E-state index >= 15 is 0 Å². The molecule has 0 aliphatic heterocycles. The van der Waals surface area contributed by atoms with Gasteiger partial charge in [0.1, 0.15) is 0 Å². The largest absolute Gasteiger partial charge is 0.311 e. The van der Waals surface area contributed by atoms with Crippen molar-refractivity contribution in [1.82, 2.24) is 0 Å². The molecule has 0 amide bonds. The van der Waals surface area contributed by atoms with E-state index in [1.165, 1.54) is 11.1 Å². The van der Waals surface area contributed by atoms with E-state index in [2.05, 4.69) is 178 Å². The highest BCUT2D eigenvalue weighted by atomic mass is 15.2. The lowest BCUT2D eigenvalue weighted by Gasteiger charge is -2.29. The van der Waals surface area contributed by atoms with Gasteiger partial charge >= 0.3 is 0 Å². The van der Waals surface area contributed by atoms with Crippen molar-refractivity contribution in [1.29, 1.82) is 0 Å². The zero-order chi connectivity index (χ0) is 28.1. The van der Waals surface area contributed by atoms with Crippen LogP contribution in [0.25, 0.3) is 0 Å². The molecule has 0 aliphatic carbocycles. The number of benzene rings is 5. The summed E-state index contributed by atoms with van der Waals surface area (Å²) in [6, 6.07) is 48.1. The van der Waals surface area contributed by atoms with E-state index in [0.29, 0.717) is 5.92 Å². The Morgan fingerprint density at radius 2 is 0.800 bits per heavy atom. The summed E-state index contributed by atoms with van der Waals surface area (Å²) in [7, 11) is 0. The van der Waals surface area contributed by atoms with Gasteiger partial charge in [0.2, 0.25) is 0 Å². The van der Waals surface area contributed by atoms with E-state index in [-0.39, 0.29) is 5.41 Å². The van der Waals surface area contributed by atoms with Crippen LogP contribution in [0.1, 0.15) is 58.1 Å². The van der Waals surface area contributed by atoms with Crippen molar-refractivity contribution in [2.45, 2.75) is 52.4 Å². The van der Waals surface area contributed by atoms with Gasteiger partial charge in [0.15, 0.2) is 0 Å². The molecule has 0 fully saturated rings. The lowest BCUT2D eigenvalue weighted by atomic mass is 9.82. The summed E-state index contributed by atoms with van der Waals surface area (Å²) in [5.41, 5.74) is 9.70. The van der Waals surface area contributed by atoms with E-state index in [1.807, 2.05) is 0 Å². The fraction of sp³-hybridized carbons (Fsp3) is 0.211. The SMILES string of the molecule is CCC(C)(C)c1ccc(N(c2ccccc2)c2ccc(N(c3ccccc3)c3ccc(C(C)C)cc3)cc2)cc1. The van der Waals surface area contributed by atoms with Crippen LogP contribution in [0, 0.1) is 0 Å². The highest BCUT2D eigenvalue weighted by molar-refractivity contribution is 5.81. The van der Waals surface area contributed by atoms with Gasteiger partial charge in [-0.05, 0) is 102 Å². The van der Waals surface area contributed by atoms with Gasteiger partial charge < -0.3 is 9.80 Å². The normalized spacial score (nSPS) is 11.4. The minimum absolute atomic E-state index is 0.159. The van der Waals surface area contributed by atoms with Gasteiger partial charge in [-0.15, -0.1) is 0 Å². The van der Waals surface area contributed by atoms with Gasteiger partial charge in [0.05, 0.1) is 0 Å². The summed E-state index contributed by atoms with van der Waals surface area (Å²) in [6.45, 7) is 11.3. The molecule has 2 heteroatoms. The van der Waals surface area contributed by atoms with Gasteiger partial charge in [-0.3, -0.25) is 0 Å². The Morgan fingerprint density at radius 1 is 0.475 bits per heavy atom. The quantitative estimate of drug-likeness (QED) is 0.189. The Bertz CT molecular complexity index is 1480. The van der Waals surface area contributed by atoms with Crippen LogP contribution in [0.4, 0.5) is 34.1 Å². The van der Waals surface area contributed by atoms with E-state index in [0.717, 1.165) is 40.5 Å². The zero-order valence-electron chi connectivity index (χ0n) is 24.4. The van der Waals surface area contributed by atoms with Crippen molar-refractivity contribution in [2.24, 2.45) is 0 Å². The van der Waals surface area contributed by atoms with Crippen molar-refractivity contribution < 1.29 is 0 Å². The molecule has 0 bridgehead atoms. The van der Waals surface area contributed by atoms with Crippen LogP contribution in [0.2, 0.25) is 0 Å². The van der Waals surface area contributed by atoms with Crippen LogP contribution in [-0.4, -0.2) is 0 Å². The minimum Gasteiger partial charge on any atom is -0.311 e. The first-order valence-corrected chi connectivity index (χ1v) is 14.4. The highest BCUT2D eigenvalue weighted by Crippen LogP contribution is 2.39. The molecule has 0 aliphatic rings. The summed E-state index contributed by atoms with van der Waals surface area (Å²) >= 11 is 0. The Hall–Kier alpha value is -4.30. The molecule has 5 aromatic rings. The molecular weight excluding hydrogens is 484 g/mol. The second kappa shape index (κ2) is 11.8.